The van der Waals surface area contributed by atoms with E-state index in [1.807, 2.05) is 0 Å². The summed E-state index contributed by atoms with van der Waals surface area (Å²) in [5.41, 5.74) is 1.12. The lowest BCUT2D eigenvalue weighted by atomic mass is 10.1. The predicted octanol–water partition coefficient (Wildman–Crippen LogP) is 1.16. The Morgan fingerprint density at radius 1 is 1.52 bits per heavy atom. The minimum absolute atomic E-state index is 0.110. The second-order valence-electron chi connectivity index (χ2n) is 5.66. The Balaban J connectivity index is 2.08. The highest BCUT2D eigenvalue weighted by Crippen LogP contribution is 2.25. The summed E-state index contributed by atoms with van der Waals surface area (Å²) < 4.78 is 12.1. The first kappa shape index (κ1) is 15.9. The monoisotopic (exact) mass is 296 g/mol. The van der Waals surface area contributed by atoms with E-state index in [9.17, 15) is 4.79 Å². The van der Waals surface area contributed by atoms with Crippen molar-refractivity contribution in [3.05, 3.63) is 11.4 Å². The molecule has 7 heteroatoms. The standard InChI is InChI=1S/C14H24N4O3/c1-10(2)9-21-8-7-18-13(11-5-4-6-15-11)12(16-17-18)14(19)20-3/h10-11,15H,4-9H2,1-3H3. The number of rotatable bonds is 7. The molecule has 7 nitrogen and oxygen atoms in total. The SMILES string of the molecule is COC(=O)c1nnn(CCOCC(C)C)c1C1CCCN1. The van der Waals surface area contributed by atoms with Crippen LogP contribution in [0.3, 0.4) is 0 Å². The van der Waals surface area contributed by atoms with Crippen molar-refractivity contribution in [2.75, 3.05) is 26.9 Å². The summed E-state index contributed by atoms with van der Waals surface area (Å²) in [6, 6.07) is 0.110. The van der Waals surface area contributed by atoms with Crippen LogP contribution in [0.2, 0.25) is 0 Å². The van der Waals surface area contributed by atoms with Crippen molar-refractivity contribution in [2.24, 2.45) is 5.92 Å². The molecular formula is C14H24N4O3. The van der Waals surface area contributed by atoms with Crippen LogP contribution in [-0.2, 0) is 16.0 Å². The first-order chi connectivity index (χ1) is 10.1. The summed E-state index contributed by atoms with van der Waals surface area (Å²) in [6.45, 7) is 7.03. The zero-order valence-corrected chi connectivity index (χ0v) is 13.0. The van der Waals surface area contributed by atoms with Gasteiger partial charge in [0.25, 0.3) is 0 Å². The molecule has 1 N–H and O–H groups in total. The summed E-state index contributed by atoms with van der Waals surface area (Å²) >= 11 is 0. The fourth-order valence-corrected chi connectivity index (χ4v) is 2.46. The minimum Gasteiger partial charge on any atom is -0.464 e. The molecule has 1 aromatic rings. The molecule has 1 aliphatic rings. The van der Waals surface area contributed by atoms with Gasteiger partial charge in [0.15, 0.2) is 5.69 Å². The van der Waals surface area contributed by atoms with Crippen molar-refractivity contribution in [3.63, 3.8) is 0 Å². The molecule has 1 fully saturated rings. The van der Waals surface area contributed by atoms with Gasteiger partial charge in [-0.3, -0.25) is 0 Å². The number of carbonyl (C=O) groups excluding carboxylic acids is 1. The Morgan fingerprint density at radius 2 is 2.33 bits per heavy atom. The van der Waals surface area contributed by atoms with Gasteiger partial charge >= 0.3 is 5.97 Å². The van der Waals surface area contributed by atoms with Gasteiger partial charge in [0.2, 0.25) is 0 Å². The number of nitrogens with one attached hydrogen (secondary N) is 1. The van der Waals surface area contributed by atoms with E-state index in [1.165, 1.54) is 7.11 Å². The van der Waals surface area contributed by atoms with Gasteiger partial charge in [-0.2, -0.15) is 0 Å². The number of hydrogen-bond acceptors (Lipinski definition) is 6. The fraction of sp³-hybridized carbons (Fsp3) is 0.786. The third kappa shape index (κ3) is 4.01. The van der Waals surface area contributed by atoms with Gasteiger partial charge in [0.1, 0.15) is 0 Å². The highest BCUT2D eigenvalue weighted by molar-refractivity contribution is 5.88. The van der Waals surface area contributed by atoms with Gasteiger partial charge in [-0.15, -0.1) is 5.10 Å². The predicted molar refractivity (Wildman–Crippen MR) is 77.0 cm³/mol. The van der Waals surface area contributed by atoms with Gasteiger partial charge in [0.05, 0.1) is 32.0 Å². The number of ether oxygens (including phenoxy) is 2. The topological polar surface area (TPSA) is 78.3 Å². The molecule has 1 aromatic heterocycles. The molecule has 0 spiro atoms. The van der Waals surface area contributed by atoms with Crippen LogP contribution >= 0.6 is 0 Å². The van der Waals surface area contributed by atoms with E-state index >= 15 is 0 Å². The van der Waals surface area contributed by atoms with Gasteiger partial charge in [-0.1, -0.05) is 19.1 Å². The lowest BCUT2D eigenvalue weighted by Crippen LogP contribution is -2.22. The molecular weight excluding hydrogens is 272 g/mol. The number of hydrogen-bond donors (Lipinski definition) is 1. The maximum absolute atomic E-state index is 11.8. The summed E-state index contributed by atoms with van der Waals surface area (Å²) in [6.07, 6.45) is 2.06. The van der Waals surface area contributed by atoms with Gasteiger partial charge < -0.3 is 14.8 Å². The molecule has 2 heterocycles. The second-order valence-corrected chi connectivity index (χ2v) is 5.66. The van der Waals surface area contributed by atoms with Crippen LogP contribution < -0.4 is 5.32 Å². The third-order valence-electron chi connectivity index (χ3n) is 3.44. The molecule has 0 radical (unpaired) electrons. The van der Waals surface area contributed by atoms with Crippen molar-refractivity contribution in [1.29, 1.82) is 0 Å². The number of aromatic nitrogens is 3. The Morgan fingerprint density at radius 3 is 2.95 bits per heavy atom. The van der Waals surface area contributed by atoms with E-state index in [0.717, 1.165) is 31.7 Å². The molecule has 0 aromatic carbocycles. The van der Waals surface area contributed by atoms with E-state index in [0.29, 0.717) is 24.8 Å². The first-order valence-electron chi connectivity index (χ1n) is 7.46. The molecule has 21 heavy (non-hydrogen) atoms. The maximum atomic E-state index is 11.8. The van der Waals surface area contributed by atoms with Gasteiger partial charge in [-0.05, 0) is 25.3 Å². The quantitative estimate of drug-likeness (QED) is 0.601. The summed E-state index contributed by atoms with van der Waals surface area (Å²) in [5, 5.41) is 11.5. The second kappa shape index (κ2) is 7.51. The Bertz CT molecular complexity index is 467. The lowest BCUT2D eigenvalue weighted by molar-refractivity contribution is 0.0591. The van der Waals surface area contributed by atoms with Crippen molar-refractivity contribution in [1.82, 2.24) is 20.3 Å². The highest BCUT2D eigenvalue weighted by atomic mass is 16.5. The molecule has 0 bridgehead atoms. The molecule has 2 rings (SSSR count). The average molecular weight is 296 g/mol. The Hall–Kier alpha value is -1.47. The molecule has 1 unspecified atom stereocenters. The lowest BCUT2D eigenvalue weighted by Gasteiger charge is -2.14. The fourth-order valence-electron chi connectivity index (χ4n) is 2.46. The maximum Gasteiger partial charge on any atom is 0.360 e. The van der Waals surface area contributed by atoms with E-state index in [4.69, 9.17) is 9.47 Å². The number of esters is 1. The molecule has 1 aliphatic heterocycles. The zero-order chi connectivity index (χ0) is 15.2. The zero-order valence-electron chi connectivity index (χ0n) is 13.0. The molecule has 1 atom stereocenters. The summed E-state index contributed by atoms with van der Waals surface area (Å²) in [7, 11) is 1.36. The number of carbonyl (C=O) groups is 1. The van der Waals surface area contributed by atoms with Crippen LogP contribution in [0.4, 0.5) is 0 Å². The van der Waals surface area contributed by atoms with Crippen LogP contribution in [0, 0.1) is 5.92 Å². The smallest absolute Gasteiger partial charge is 0.360 e. The van der Waals surface area contributed by atoms with Crippen LogP contribution in [0.1, 0.15) is 48.9 Å². The van der Waals surface area contributed by atoms with Crippen molar-refractivity contribution < 1.29 is 14.3 Å². The van der Waals surface area contributed by atoms with Crippen LogP contribution in [0.15, 0.2) is 0 Å². The largest absolute Gasteiger partial charge is 0.464 e. The normalized spacial score (nSPS) is 18.4. The van der Waals surface area contributed by atoms with Crippen LogP contribution in [0.25, 0.3) is 0 Å². The van der Waals surface area contributed by atoms with Crippen molar-refractivity contribution in [3.8, 4) is 0 Å². The Labute approximate surface area is 125 Å². The van der Waals surface area contributed by atoms with Crippen LogP contribution in [0.5, 0.6) is 0 Å². The third-order valence-corrected chi connectivity index (χ3v) is 3.44. The van der Waals surface area contributed by atoms with Gasteiger partial charge in [-0.25, -0.2) is 9.48 Å². The molecule has 0 aliphatic carbocycles. The number of methoxy groups -OCH3 is 1. The minimum atomic E-state index is -0.437. The van der Waals surface area contributed by atoms with Crippen molar-refractivity contribution >= 4 is 5.97 Å². The van der Waals surface area contributed by atoms with E-state index in [1.54, 1.807) is 4.68 Å². The molecule has 1 saturated heterocycles. The molecule has 0 saturated carbocycles. The highest BCUT2D eigenvalue weighted by Gasteiger charge is 2.28. The Kier molecular flexibility index (Phi) is 5.69. The summed E-state index contributed by atoms with van der Waals surface area (Å²) in [5.74, 6) is 0.0652. The average Bonchev–Trinajstić information content (AvgIpc) is 3.11. The van der Waals surface area contributed by atoms with Crippen molar-refractivity contribution in [2.45, 2.75) is 39.3 Å². The molecule has 118 valence electrons. The van der Waals surface area contributed by atoms with E-state index < -0.39 is 5.97 Å². The molecule has 0 amide bonds. The number of nitrogens with zero attached hydrogens (tertiary/aromatic N) is 3. The van der Waals surface area contributed by atoms with E-state index in [-0.39, 0.29) is 6.04 Å². The van der Waals surface area contributed by atoms with Gasteiger partial charge in [0, 0.05) is 6.61 Å². The van der Waals surface area contributed by atoms with Crippen LogP contribution in [-0.4, -0.2) is 47.8 Å². The summed E-state index contributed by atoms with van der Waals surface area (Å²) in [4.78, 5) is 11.8. The first-order valence-corrected chi connectivity index (χ1v) is 7.46. The van der Waals surface area contributed by atoms with E-state index in [2.05, 4.69) is 29.5 Å².